The van der Waals surface area contributed by atoms with Crippen LogP contribution in [0.2, 0.25) is 0 Å². The van der Waals surface area contributed by atoms with Gasteiger partial charge in [-0.25, -0.2) is 0 Å². The molecule has 0 radical (unpaired) electrons. The fourth-order valence-electron chi connectivity index (χ4n) is 1.43. The van der Waals surface area contributed by atoms with Gasteiger partial charge in [-0.1, -0.05) is 13.8 Å². The second-order valence-electron chi connectivity index (χ2n) is 4.90. The molecule has 16 heavy (non-hydrogen) atoms. The number of hydrogen-bond acceptors (Lipinski definition) is 3. The lowest BCUT2D eigenvalue weighted by atomic mass is 10.0. The van der Waals surface area contributed by atoms with Crippen molar-refractivity contribution in [1.29, 1.82) is 0 Å². The fourth-order valence-corrected chi connectivity index (χ4v) is 1.43. The van der Waals surface area contributed by atoms with Crippen LogP contribution in [0.3, 0.4) is 0 Å². The smallest absolute Gasteiger partial charge is 0.236 e. The normalized spacial score (nSPS) is 13.2. The maximum absolute atomic E-state index is 11.6. The Morgan fingerprint density at radius 3 is 2.19 bits per heavy atom. The van der Waals surface area contributed by atoms with E-state index in [0.29, 0.717) is 18.5 Å². The second kappa shape index (κ2) is 7.63. The van der Waals surface area contributed by atoms with Crippen LogP contribution in [0.25, 0.3) is 0 Å². The van der Waals surface area contributed by atoms with Crippen LogP contribution in [0, 0.1) is 5.92 Å². The average Bonchev–Trinajstić information content (AvgIpc) is 2.21. The Kier molecular flexibility index (Phi) is 7.34. The SMILES string of the molecule is CCN(C)C(=O)CNC(CN(C)C)C(C)C. The van der Waals surface area contributed by atoms with Gasteiger partial charge in [0.15, 0.2) is 0 Å². The summed E-state index contributed by atoms with van der Waals surface area (Å²) in [5.41, 5.74) is 0. The highest BCUT2D eigenvalue weighted by Gasteiger charge is 2.15. The molecular formula is C12H27N3O. The number of amides is 1. The van der Waals surface area contributed by atoms with Crippen molar-refractivity contribution in [3.63, 3.8) is 0 Å². The van der Waals surface area contributed by atoms with Gasteiger partial charge < -0.3 is 15.1 Å². The number of hydrogen-bond donors (Lipinski definition) is 1. The van der Waals surface area contributed by atoms with Gasteiger partial charge in [0.2, 0.25) is 5.91 Å². The summed E-state index contributed by atoms with van der Waals surface area (Å²) >= 11 is 0. The van der Waals surface area contributed by atoms with Crippen LogP contribution in [0.5, 0.6) is 0 Å². The van der Waals surface area contributed by atoms with Crippen molar-refractivity contribution in [2.45, 2.75) is 26.8 Å². The Labute approximate surface area is 100.0 Å². The molecule has 0 saturated heterocycles. The van der Waals surface area contributed by atoms with Crippen molar-refractivity contribution in [3.8, 4) is 0 Å². The molecule has 0 fully saturated rings. The molecule has 0 bridgehead atoms. The Hall–Kier alpha value is -0.610. The number of carbonyl (C=O) groups excluding carboxylic acids is 1. The van der Waals surface area contributed by atoms with E-state index in [4.69, 9.17) is 0 Å². The minimum atomic E-state index is 0.159. The number of nitrogens with zero attached hydrogens (tertiary/aromatic N) is 2. The molecule has 0 aromatic rings. The van der Waals surface area contributed by atoms with Crippen LogP contribution in [0.15, 0.2) is 0 Å². The molecule has 0 aromatic heterocycles. The Bertz CT molecular complexity index is 204. The monoisotopic (exact) mass is 229 g/mol. The van der Waals surface area contributed by atoms with E-state index in [0.717, 1.165) is 13.1 Å². The summed E-state index contributed by atoms with van der Waals surface area (Å²) in [6.45, 7) is 8.49. The predicted molar refractivity (Wildman–Crippen MR) is 68.5 cm³/mol. The zero-order valence-electron chi connectivity index (χ0n) is 11.6. The number of likely N-dealkylation sites (N-methyl/N-ethyl adjacent to an activating group) is 2. The first-order valence-corrected chi connectivity index (χ1v) is 6.00. The highest BCUT2D eigenvalue weighted by atomic mass is 16.2. The lowest BCUT2D eigenvalue weighted by Gasteiger charge is -2.26. The highest BCUT2D eigenvalue weighted by Crippen LogP contribution is 2.02. The summed E-state index contributed by atoms with van der Waals surface area (Å²) in [6.07, 6.45) is 0. The van der Waals surface area contributed by atoms with Gasteiger partial charge in [0, 0.05) is 26.2 Å². The van der Waals surface area contributed by atoms with E-state index >= 15 is 0 Å². The van der Waals surface area contributed by atoms with Crippen molar-refractivity contribution in [1.82, 2.24) is 15.1 Å². The van der Waals surface area contributed by atoms with Gasteiger partial charge in [-0.2, -0.15) is 0 Å². The molecule has 1 N–H and O–H groups in total. The molecule has 0 aliphatic rings. The van der Waals surface area contributed by atoms with Gasteiger partial charge >= 0.3 is 0 Å². The molecule has 1 atom stereocenters. The Morgan fingerprint density at radius 1 is 1.25 bits per heavy atom. The van der Waals surface area contributed by atoms with Crippen molar-refractivity contribution >= 4 is 5.91 Å². The van der Waals surface area contributed by atoms with Gasteiger partial charge in [-0.15, -0.1) is 0 Å². The molecular weight excluding hydrogens is 202 g/mol. The van der Waals surface area contributed by atoms with Crippen LogP contribution in [0.1, 0.15) is 20.8 Å². The Morgan fingerprint density at radius 2 is 1.81 bits per heavy atom. The van der Waals surface area contributed by atoms with Gasteiger partial charge in [0.25, 0.3) is 0 Å². The quantitative estimate of drug-likeness (QED) is 0.696. The van der Waals surface area contributed by atoms with Crippen molar-refractivity contribution in [2.24, 2.45) is 5.92 Å². The molecule has 0 spiro atoms. The van der Waals surface area contributed by atoms with E-state index in [1.54, 1.807) is 4.90 Å². The highest BCUT2D eigenvalue weighted by molar-refractivity contribution is 5.77. The zero-order valence-corrected chi connectivity index (χ0v) is 11.6. The maximum atomic E-state index is 11.6. The van der Waals surface area contributed by atoms with E-state index in [-0.39, 0.29) is 5.91 Å². The van der Waals surface area contributed by atoms with Crippen LogP contribution in [-0.4, -0.2) is 62.5 Å². The van der Waals surface area contributed by atoms with Crippen molar-refractivity contribution in [2.75, 3.05) is 40.8 Å². The van der Waals surface area contributed by atoms with E-state index < -0.39 is 0 Å². The zero-order chi connectivity index (χ0) is 12.7. The second-order valence-corrected chi connectivity index (χ2v) is 4.90. The molecule has 0 aliphatic carbocycles. The Balaban J connectivity index is 4.06. The fraction of sp³-hybridized carbons (Fsp3) is 0.917. The lowest BCUT2D eigenvalue weighted by Crippen LogP contribution is -2.46. The molecule has 0 aliphatic heterocycles. The molecule has 0 aromatic carbocycles. The third kappa shape index (κ3) is 6.08. The predicted octanol–water partition coefficient (Wildman–Crippen LogP) is 0.641. The molecule has 4 nitrogen and oxygen atoms in total. The number of nitrogens with one attached hydrogen (secondary N) is 1. The molecule has 0 rings (SSSR count). The van der Waals surface area contributed by atoms with Gasteiger partial charge in [-0.3, -0.25) is 4.79 Å². The summed E-state index contributed by atoms with van der Waals surface area (Å²) in [5, 5.41) is 3.33. The van der Waals surface area contributed by atoms with E-state index in [2.05, 4.69) is 38.2 Å². The third-order valence-electron chi connectivity index (χ3n) is 2.78. The molecule has 0 heterocycles. The minimum absolute atomic E-state index is 0.159. The topological polar surface area (TPSA) is 35.6 Å². The first-order chi connectivity index (χ1) is 7.38. The first-order valence-electron chi connectivity index (χ1n) is 6.00. The number of rotatable bonds is 7. The summed E-state index contributed by atoms with van der Waals surface area (Å²) in [5.74, 6) is 0.689. The first kappa shape index (κ1) is 15.4. The number of carbonyl (C=O) groups is 1. The van der Waals surface area contributed by atoms with Crippen molar-refractivity contribution < 1.29 is 4.79 Å². The summed E-state index contributed by atoms with van der Waals surface area (Å²) in [6, 6.07) is 0.365. The average molecular weight is 229 g/mol. The van der Waals surface area contributed by atoms with Crippen molar-refractivity contribution in [3.05, 3.63) is 0 Å². The van der Waals surface area contributed by atoms with Gasteiger partial charge in [-0.05, 0) is 26.9 Å². The summed E-state index contributed by atoms with van der Waals surface area (Å²) in [4.78, 5) is 15.5. The third-order valence-corrected chi connectivity index (χ3v) is 2.78. The largest absolute Gasteiger partial charge is 0.345 e. The molecule has 1 unspecified atom stereocenters. The standard InChI is InChI=1S/C12H27N3O/c1-7-15(6)12(16)8-13-11(10(2)3)9-14(4)5/h10-11,13H,7-9H2,1-6H3. The van der Waals surface area contributed by atoms with Gasteiger partial charge in [0.05, 0.1) is 6.54 Å². The van der Waals surface area contributed by atoms with Crippen LogP contribution < -0.4 is 5.32 Å². The molecule has 0 saturated carbocycles. The molecule has 1 amide bonds. The van der Waals surface area contributed by atoms with E-state index in [1.807, 2.05) is 14.0 Å². The molecule has 4 heteroatoms. The summed E-state index contributed by atoms with van der Waals surface area (Å²) < 4.78 is 0. The maximum Gasteiger partial charge on any atom is 0.236 e. The van der Waals surface area contributed by atoms with E-state index in [9.17, 15) is 4.79 Å². The lowest BCUT2D eigenvalue weighted by molar-refractivity contribution is -0.128. The van der Waals surface area contributed by atoms with Crippen LogP contribution >= 0.6 is 0 Å². The molecule has 96 valence electrons. The van der Waals surface area contributed by atoms with Gasteiger partial charge in [0.1, 0.15) is 0 Å². The minimum Gasteiger partial charge on any atom is -0.345 e. The van der Waals surface area contributed by atoms with Crippen LogP contribution in [-0.2, 0) is 4.79 Å². The summed E-state index contributed by atoms with van der Waals surface area (Å²) in [7, 11) is 5.94. The van der Waals surface area contributed by atoms with E-state index in [1.165, 1.54) is 0 Å². The van der Waals surface area contributed by atoms with Crippen LogP contribution in [0.4, 0.5) is 0 Å².